The number of aryl methyl sites for hydroxylation is 3. The van der Waals surface area contributed by atoms with Gasteiger partial charge in [-0.1, -0.05) is 17.7 Å². The first-order valence-electron chi connectivity index (χ1n) is 9.25. The highest BCUT2D eigenvalue weighted by molar-refractivity contribution is 7.14. The molecule has 3 amide bonds. The standard InChI is InChI=1S/C21H22N4O4S/c1-12-7-13(2)19(14(3)8-12)24-18(27)10-22-17(26)9-15-11-30-21(23-15)25-20(28)16-5-4-6-29-16/h4-8,11H,9-10H2,1-3H3,(H,22,26)(H,24,27)(H,23,25,28). The van der Waals surface area contributed by atoms with Gasteiger partial charge in [-0.3, -0.25) is 19.7 Å². The minimum absolute atomic E-state index is 0.00297. The van der Waals surface area contributed by atoms with Crippen LogP contribution in [0.5, 0.6) is 0 Å². The second-order valence-corrected chi connectivity index (χ2v) is 7.71. The zero-order chi connectivity index (χ0) is 21.7. The fourth-order valence-corrected chi connectivity index (χ4v) is 3.68. The average Bonchev–Trinajstić information content (AvgIpc) is 3.35. The molecule has 0 aliphatic carbocycles. The Morgan fingerprint density at radius 1 is 1.07 bits per heavy atom. The topological polar surface area (TPSA) is 113 Å². The van der Waals surface area contributed by atoms with Gasteiger partial charge in [-0.05, 0) is 44.0 Å². The molecular formula is C21H22N4O4S. The van der Waals surface area contributed by atoms with E-state index in [4.69, 9.17) is 4.42 Å². The Morgan fingerprint density at radius 2 is 1.80 bits per heavy atom. The Kier molecular flexibility index (Phi) is 6.63. The van der Waals surface area contributed by atoms with Crippen LogP contribution in [0.4, 0.5) is 10.8 Å². The Morgan fingerprint density at radius 3 is 2.47 bits per heavy atom. The lowest BCUT2D eigenvalue weighted by molar-refractivity contribution is -0.123. The SMILES string of the molecule is Cc1cc(C)c(NC(=O)CNC(=O)Cc2csc(NC(=O)c3ccco3)n2)c(C)c1. The molecule has 3 aromatic rings. The number of aromatic nitrogens is 1. The van der Waals surface area contributed by atoms with Gasteiger partial charge >= 0.3 is 0 Å². The number of rotatable bonds is 7. The van der Waals surface area contributed by atoms with Crippen LogP contribution in [0.1, 0.15) is 32.9 Å². The summed E-state index contributed by atoms with van der Waals surface area (Å²) >= 11 is 1.20. The summed E-state index contributed by atoms with van der Waals surface area (Å²) in [5.74, 6) is -0.877. The summed E-state index contributed by atoms with van der Waals surface area (Å²) in [5, 5.41) is 10.1. The van der Waals surface area contributed by atoms with Crippen molar-refractivity contribution in [2.45, 2.75) is 27.2 Å². The van der Waals surface area contributed by atoms with Crippen molar-refractivity contribution < 1.29 is 18.8 Å². The van der Waals surface area contributed by atoms with Gasteiger partial charge < -0.3 is 15.1 Å². The maximum Gasteiger partial charge on any atom is 0.293 e. The number of carbonyl (C=O) groups is 3. The summed E-state index contributed by atoms with van der Waals surface area (Å²) in [6.45, 7) is 5.72. The molecule has 2 aromatic heterocycles. The number of carbonyl (C=O) groups excluding carboxylic acids is 3. The van der Waals surface area contributed by atoms with Gasteiger partial charge in [0.15, 0.2) is 10.9 Å². The first-order valence-corrected chi connectivity index (χ1v) is 10.1. The van der Waals surface area contributed by atoms with Crippen LogP contribution in [0.2, 0.25) is 0 Å². The molecule has 0 saturated carbocycles. The number of hydrogen-bond acceptors (Lipinski definition) is 6. The van der Waals surface area contributed by atoms with E-state index in [1.54, 1.807) is 17.5 Å². The molecule has 9 heteroatoms. The third-order valence-corrected chi connectivity index (χ3v) is 5.05. The normalized spacial score (nSPS) is 10.5. The second-order valence-electron chi connectivity index (χ2n) is 6.85. The first-order chi connectivity index (χ1) is 14.3. The molecular weight excluding hydrogens is 404 g/mol. The fraction of sp³-hybridized carbons (Fsp3) is 0.238. The predicted octanol–water partition coefficient (Wildman–Crippen LogP) is 3.21. The van der Waals surface area contributed by atoms with Gasteiger partial charge in [-0.15, -0.1) is 11.3 Å². The van der Waals surface area contributed by atoms with Crippen molar-refractivity contribution in [1.29, 1.82) is 0 Å². The van der Waals surface area contributed by atoms with E-state index in [2.05, 4.69) is 20.9 Å². The van der Waals surface area contributed by atoms with Gasteiger partial charge in [0.2, 0.25) is 11.8 Å². The summed E-state index contributed by atoms with van der Waals surface area (Å²) in [6, 6.07) is 7.14. The molecule has 156 valence electrons. The number of anilines is 2. The lowest BCUT2D eigenvalue weighted by Crippen LogP contribution is -2.34. The highest BCUT2D eigenvalue weighted by atomic mass is 32.1. The Balaban J connectivity index is 1.47. The largest absolute Gasteiger partial charge is 0.459 e. The number of furan rings is 1. The first kappa shape index (κ1) is 21.3. The van der Waals surface area contributed by atoms with E-state index in [1.165, 1.54) is 17.6 Å². The molecule has 30 heavy (non-hydrogen) atoms. The maximum atomic E-state index is 12.2. The molecule has 0 saturated heterocycles. The van der Waals surface area contributed by atoms with Crippen molar-refractivity contribution in [2.75, 3.05) is 17.2 Å². The minimum atomic E-state index is -0.413. The Hall–Kier alpha value is -3.46. The van der Waals surface area contributed by atoms with E-state index in [9.17, 15) is 14.4 Å². The van der Waals surface area contributed by atoms with E-state index in [0.717, 1.165) is 22.4 Å². The van der Waals surface area contributed by atoms with E-state index in [0.29, 0.717) is 10.8 Å². The molecule has 8 nitrogen and oxygen atoms in total. The third-order valence-electron chi connectivity index (χ3n) is 4.25. The number of nitrogens with zero attached hydrogens (tertiary/aromatic N) is 1. The van der Waals surface area contributed by atoms with Crippen LogP contribution in [0, 0.1) is 20.8 Å². The van der Waals surface area contributed by atoms with E-state index >= 15 is 0 Å². The van der Waals surface area contributed by atoms with Crippen LogP contribution >= 0.6 is 11.3 Å². The summed E-state index contributed by atoms with van der Waals surface area (Å²) in [7, 11) is 0. The Labute approximate surface area is 177 Å². The zero-order valence-electron chi connectivity index (χ0n) is 16.9. The summed E-state index contributed by atoms with van der Waals surface area (Å²) < 4.78 is 5.02. The molecule has 3 N–H and O–H groups in total. The monoisotopic (exact) mass is 426 g/mol. The number of nitrogens with one attached hydrogen (secondary N) is 3. The molecule has 0 unspecified atom stereocenters. The molecule has 0 radical (unpaired) electrons. The smallest absolute Gasteiger partial charge is 0.293 e. The lowest BCUT2D eigenvalue weighted by atomic mass is 10.1. The van der Waals surface area contributed by atoms with Gasteiger partial charge in [-0.2, -0.15) is 0 Å². The van der Waals surface area contributed by atoms with Gasteiger partial charge in [0.05, 0.1) is 24.9 Å². The van der Waals surface area contributed by atoms with Crippen molar-refractivity contribution >= 4 is 39.9 Å². The van der Waals surface area contributed by atoms with Gasteiger partial charge in [0, 0.05) is 11.1 Å². The lowest BCUT2D eigenvalue weighted by Gasteiger charge is -2.13. The highest BCUT2D eigenvalue weighted by Crippen LogP contribution is 2.21. The van der Waals surface area contributed by atoms with Gasteiger partial charge in [0.1, 0.15) is 0 Å². The van der Waals surface area contributed by atoms with E-state index in [-0.39, 0.29) is 30.5 Å². The van der Waals surface area contributed by atoms with Crippen molar-refractivity contribution in [3.8, 4) is 0 Å². The van der Waals surface area contributed by atoms with Crippen molar-refractivity contribution in [3.05, 3.63) is 64.1 Å². The van der Waals surface area contributed by atoms with Crippen molar-refractivity contribution in [3.63, 3.8) is 0 Å². The molecule has 0 aliphatic rings. The molecule has 1 aromatic carbocycles. The summed E-state index contributed by atoms with van der Waals surface area (Å²) in [6.07, 6.45) is 1.41. The van der Waals surface area contributed by atoms with Gasteiger partial charge in [-0.25, -0.2) is 4.98 Å². The Bertz CT molecular complexity index is 1050. The number of thiazole rings is 1. The molecule has 0 spiro atoms. The fourth-order valence-electron chi connectivity index (χ4n) is 2.98. The molecule has 0 atom stereocenters. The molecule has 0 aliphatic heterocycles. The molecule has 0 bridgehead atoms. The predicted molar refractivity (Wildman–Crippen MR) is 115 cm³/mol. The van der Waals surface area contributed by atoms with Crippen LogP contribution < -0.4 is 16.0 Å². The van der Waals surface area contributed by atoms with Crippen LogP contribution in [0.15, 0.2) is 40.3 Å². The minimum Gasteiger partial charge on any atom is -0.459 e. The van der Waals surface area contributed by atoms with Crippen molar-refractivity contribution in [2.24, 2.45) is 0 Å². The second kappa shape index (κ2) is 9.36. The zero-order valence-corrected chi connectivity index (χ0v) is 17.7. The van der Waals surface area contributed by atoms with Crippen LogP contribution in [0.25, 0.3) is 0 Å². The average molecular weight is 426 g/mol. The van der Waals surface area contributed by atoms with Crippen LogP contribution in [-0.4, -0.2) is 29.3 Å². The number of amides is 3. The summed E-state index contributed by atoms with van der Waals surface area (Å²) in [5.41, 5.74) is 4.33. The van der Waals surface area contributed by atoms with Gasteiger partial charge in [0.25, 0.3) is 5.91 Å². The van der Waals surface area contributed by atoms with E-state index < -0.39 is 5.91 Å². The summed E-state index contributed by atoms with van der Waals surface area (Å²) in [4.78, 5) is 40.5. The van der Waals surface area contributed by atoms with Crippen molar-refractivity contribution in [1.82, 2.24) is 10.3 Å². The molecule has 2 heterocycles. The molecule has 3 rings (SSSR count). The van der Waals surface area contributed by atoms with Crippen LogP contribution in [-0.2, 0) is 16.0 Å². The maximum absolute atomic E-state index is 12.2. The molecule has 0 fully saturated rings. The highest BCUT2D eigenvalue weighted by Gasteiger charge is 2.14. The number of benzene rings is 1. The quantitative estimate of drug-likeness (QED) is 0.537. The van der Waals surface area contributed by atoms with Crippen LogP contribution in [0.3, 0.4) is 0 Å². The van der Waals surface area contributed by atoms with E-state index in [1.807, 2.05) is 32.9 Å². The number of hydrogen-bond donors (Lipinski definition) is 3. The third kappa shape index (κ3) is 5.54.